The lowest BCUT2D eigenvalue weighted by atomic mass is 9.82. The maximum atomic E-state index is 12.1. The van der Waals surface area contributed by atoms with Crippen molar-refractivity contribution in [3.8, 4) is 0 Å². The van der Waals surface area contributed by atoms with Gasteiger partial charge in [0, 0.05) is 24.3 Å². The highest BCUT2D eigenvalue weighted by atomic mass is 16.8. The topological polar surface area (TPSA) is 185 Å². The largest absolute Gasteiger partial charge is 0.460 e. The molecule has 198 valence electrons. The van der Waals surface area contributed by atoms with Crippen LogP contribution in [0, 0.1) is 11.8 Å². The predicted molar refractivity (Wildman–Crippen MR) is 117 cm³/mol. The van der Waals surface area contributed by atoms with Crippen molar-refractivity contribution >= 4 is 12.0 Å². The van der Waals surface area contributed by atoms with Crippen molar-refractivity contribution in [1.82, 2.24) is 0 Å². The Balaban J connectivity index is 1.24. The van der Waals surface area contributed by atoms with Gasteiger partial charge < -0.3 is 54.3 Å². The van der Waals surface area contributed by atoms with E-state index in [2.05, 4.69) is 0 Å². The van der Waals surface area contributed by atoms with Crippen LogP contribution >= 0.6 is 0 Å². The van der Waals surface area contributed by atoms with E-state index < -0.39 is 85.5 Å². The SMILES string of the molecule is O=C(C=Cc1ccccc1)OC[C@H]1O[C@@H](O[C@@H]2O[C@@H]3C[C@H]4[C@H](O)[C@@H](O)[C@](O)(CO3)[C@@H]24)[C@H](O)[C@@H](O)[C@@H]1O. The second kappa shape index (κ2) is 10.1. The highest BCUT2D eigenvalue weighted by Gasteiger charge is 2.67. The first-order valence-corrected chi connectivity index (χ1v) is 11.8. The fraction of sp³-hybridized carbons (Fsp3) is 0.625. The van der Waals surface area contributed by atoms with Gasteiger partial charge in [0.1, 0.15) is 42.7 Å². The number of hydrogen-bond donors (Lipinski definition) is 6. The Morgan fingerprint density at radius 2 is 1.75 bits per heavy atom. The zero-order valence-corrected chi connectivity index (χ0v) is 19.1. The third-order valence-corrected chi connectivity index (χ3v) is 7.40. The van der Waals surface area contributed by atoms with Crippen molar-refractivity contribution in [2.75, 3.05) is 13.2 Å². The molecule has 1 aromatic rings. The van der Waals surface area contributed by atoms with Crippen LogP contribution in [0.1, 0.15) is 12.0 Å². The van der Waals surface area contributed by atoms with E-state index in [-0.39, 0.29) is 13.0 Å². The number of esters is 1. The lowest BCUT2D eigenvalue weighted by Gasteiger charge is -2.44. The first-order valence-electron chi connectivity index (χ1n) is 11.8. The molecule has 0 amide bonds. The number of aliphatic hydroxyl groups excluding tert-OH is 5. The molecule has 12 nitrogen and oxygen atoms in total. The normalized spacial score (nSPS) is 46.1. The number of benzene rings is 1. The van der Waals surface area contributed by atoms with Crippen LogP contribution in [0.3, 0.4) is 0 Å². The molecule has 36 heavy (non-hydrogen) atoms. The molecule has 0 unspecified atom stereocenters. The summed E-state index contributed by atoms with van der Waals surface area (Å²) in [4.78, 5) is 12.1. The molecular weight excluding hydrogens is 480 g/mol. The van der Waals surface area contributed by atoms with E-state index in [4.69, 9.17) is 23.7 Å². The molecule has 5 aliphatic rings. The molecule has 5 fully saturated rings. The van der Waals surface area contributed by atoms with Crippen LogP contribution in [0.15, 0.2) is 36.4 Å². The average Bonchev–Trinajstić information content (AvgIpc) is 3.00. The van der Waals surface area contributed by atoms with Crippen LogP contribution in [0.25, 0.3) is 6.08 Å². The van der Waals surface area contributed by atoms with E-state index in [0.717, 1.165) is 5.56 Å². The van der Waals surface area contributed by atoms with Gasteiger partial charge in [0.2, 0.25) is 0 Å². The summed E-state index contributed by atoms with van der Waals surface area (Å²) < 4.78 is 27.7. The minimum absolute atomic E-state index is 0.218. The van der Waals surface area contributed by atoms with E-state index >= 15 is 0 Å². The number of carbonyl (C=O) groups is 1. The number of fused-ring (bicyclic) bond motifs is 2. The Morgan fingerprint density at radius 1 is 1.00 bits per heavy atom. The van der Waals surface area contributed by atoms with E-state index in [0.29, 0.717) is 0 Å². The smallest absolute Gasteiger partial charge is 0.330 e. The molecule has 4 bridgehead atoms. The molecule has 12 heteroatoms. The molecule has 4 aliphatic heterocycles. The number of hydrogen-bond acceptors (Lipinski definition) is 12. The molecule has 1 aliphatic carbocycles. The van der Waals surface area contributed by atoms with Gasteiger partial charge in [-0.2, -0.15) is 0 Å². The maximum absolute atomic E-state index is 12.1. The standard InChI is InChI=1S/C24H30O12/c25-14(7-6-11-4-2-1-3-5-11)32-9-13-18(27)19(28)20(29)23(34-13)36-22-16-12-8-15(35-22)33-10-24(16,31)21(30)17(12)26/h1-7,12-13,15-23,26-31H,8-10H2/t12-,13-,15-,16-,17+,18-,19+,20-,21-,22+,23+,24+/m1/s1. The summed E-state index contributed by atoms with van der Waals surface area (Å²) >= 11 is 0. The highest BCUT2D eigenvalue weighted by molar-refractivity contribution is 5.87. The number of ether oxygens (including phenoxy) is 5. The van der Waals surface area contributed by atoms with E-state index in [9.17, 15) is 35.4 Å². The van der Waals surface area contributed by atoms with Crippen molar-refractivity contribution in [3.05, 3.63) is 42.0 Å². The van der Waals surface area contributed by atoms with Crippen LogP contribution in [-0.2, 0) is 28.5 Å². The van der Waals surface area contributed by atoms with Crippen molar-refractivity contribution in [2.45, 2.75) is 67.5 Å². The minimum atomic E-state index is -1.86. The monoisotopic (exact) mass is 510 g/mol. The molecule has 1 saturated carbocycles. The Bertz CT molecular complexity index is 958. The summed E-state index contributed by atoms with van der Waals surface area (Å²) in [5.41, 5.74) is -1.08. The van der Waals surface area contributed by atoms with Gasteiger partial charge in [-0.1, -0.05) is 30.3 Å². The molecule has 0 radical (unpaired) electrons. The van der Waals surface area contributed by atoms with Crippen LogP contribution in [0.4, 0.5) is 0 Å². The lowest BCUT2D eigenvalue weighted by Crippen LogP contribution is -2.61. The number of rotatable bonds is 6. The molecule has 0 spiro atoms. The zero-order chi connectivity index (χ0) is 25.6. The third-order valence-electron chi connectivity index (χ3n) is 7.40. The summed E-state index contributed by atoms with van der Waals surface area (Å²) in [7, 11) is 0. The Hall–Kier alpha value is -1.97. The lowest BCUT2D eigenvalue weighted by molar-refractivity contribution is -0.371. The van der Waals surface area contributed by atoms with Crippen LogP contribution < -0.4 is 0 Å². The number of carbonyl (C=O) groups excluding carboxylic acids is 1. The quantitative estimate of drug-likeness (QED) is 0.181. The molecule has 0 aromatic heterocycles. The summed E-state index contributed by atoms with van der Waals surface area (Å²) in [6.07, 6.45) is -9.68. The van der Waals surface area contributed by atoms with Crippen molar-refractivity contribution in [1.29, 1.82) is 0 Å². The van der Waals surface area contributed by atoms with E-state index in [1.165, 1.54) is 6.08 Å². The zero-order valence-electron chi connectivity index (χ0n) is 19.1. The van der Waals surface area contributed by atoms with Gasteiger partial charge in [-0.15, -0.1) is 0 Å². The Labute approximate surface area is 206 Å². The molecular formula is C24H30O12. The van der Waals surface area contributed by atoms with E-state index in [1.54, 1.807) is 18.2 Å². The van der Waals surface area contributed by atoms with Gasteiger partial charge in [-0.25, -0.2) is 4.79 Å². The second-order valence-electron chi connectivity index (χ2n) is 9.62. The molecule has 6 rings (SSSR count). The number of aliphatic hydroxyl groups is 6. The first-order chi connectivity index (χ1) is 17.2. The predicted octanol–water partition coefficient (Wildman–Crippen LogP) is -2.13. The maximum Gasteiger partial charge on any atom is 0.330 e. The summed E-state index contributed by atoms with van der Waals surface area (Å²) in [5, 5.41) is 63.1. The first kappa shape index (κ1) is 25.7. The van der Waals surface area contributed by atoms with Gasteiger partial charge in [-0.3, -0.25) is 0 Å². The van der Waals surface area contributed by atoms with E-state index in [1.807, 2.05) is 18.2 Å². The molecule has 4 saturated heterocycles. The fourth-order valence-electron chi connectivity index (χ4n) is 5.42. The van der Waals surface area contributed by atoms with Crippen molar-refractivity contribution in [2.24, 2.45) is 11.8 Å². The summed E-state index contributed by atoms with van der Waals surface area (Å²) in [6.45, 7) is -0.741. The molecule has 4 heterocycles. The molecule has 1 aromatic carbocycles. The van der Waals surface area contributed by atoms with Gasteiger partial charge in [0.15, 0.2) is 18.9 Å². The van der Waals surface area contributed by atoms with Crippen LogP contribution in [0.5, 0.6) is 0 Å². The fourth-order valence-corrected chi connectivity index (χ4v) is 5.42. The van der Waals surface area contributed by atoms with Gasteiger partial charge in [-0.05, 0) is 11.6 Å². The second-order valence-corrected chi connectivity index (χ2v) is 9.62. The van der Waals surface area contributed by atoms with Gasteiger partial charge in [0.05, 0.1) is 12.7 Å². The minimum Gasteiger partial charge on any atom is -0.460 e. The average molecular weight is 510 g/mol. The molecule has 6 N–H and O–H groups in total. The highest BCUT2D eigenvalue weighted by Crippen LogP contribution is 2.52. The Morgan fingerprint density at radius 3 is 2.50 bits per heavy atom. The van der Waals surface area contributed by atoms with Crippen LogP contribution in [-0.4, -0.2) is 111 Å². The summed E-state index contributed by atoms with van der Waals surface area (Å²) in [6, 6.07) is 9.05. The third kappa shape index (κ3) is 4.58. The summed E-state index contributed by atoms with van der Waals surface area (Å²) in [5.74, 6) is -2.24. The van der Waals surface area contributed by atoms with Gasteiger partial charge >= 0.3 is 5.97 Å². The van der Waals surface area contributed by atoms with Gasteiger partial charge in [0.25, 0.3) is 0 Å². The molecule has 12 atom stereocenters. The Kier molecular flexibility index (Phi) is 7.18. The van der Waals surface area contributed by atoms with Crippen molar-refractivity contribution < 1.29 is 59.1 Å². The van der Waals surface area contributed by atoms with Crippen LogP contribution in [0.2, 0.25) is 0 Å². The van der Waals surface area contributed by atoms with Crippen molar-refractivity contribution in [3.63, 3.8) is 0 Å².